The van der Waals surface area contributed by atoms with Crippen LogP contribution in [0, 0.1) is 0 Å². The van der Waals surface area contributed by atoms with Crippen LogP contribution in [0.25, 0.3) is 0 Å². The van der Waals surface area contributed by atoms with Gasteiger partial charge in [0.1, 0.15) is 0 Å². The summed E-state index contributed by atoms with van der Waals surface area (Å²) >= 11 is 0. The van der Waals surface area contributed by atoms with Crippen molar-refractivity contribution in [2.75, 3.05) is 37.1 Å². The monoisotopic (exact) mass is 612 g/mol. The minimum absolute atomic E-state index is 0.00850. The molecule has 2 aliphatic rings. The number of anilines is 2. The number of alkyl halides is 6. The molecule has 0 radical (unpaired) electrons. The van der Waals surface area contributed by atoms with Crippen molar-refractivity contribution >= 4 is 33.0 Å². The molecule has 0 bridgehead atoms. The van der Waals surface area contributed by atoms with Crippen LogP contribution in [-0.2, 0) is 38.4 Å². The summed E-state index contributed by atoms with van der Waals surface area (Å²) in [5, 5.41) is 4.45. The topological polar surface area (TPSA) is 129 Å². The Bertz CT molecular complexity index is 1270. The Kier molecular flexibility index (Phi) is 8.39. The van der Waals surface area contributed by atoms with Crippen LogP contribution in [0.15, 0.2) is 58.3 Å². The molecule has 0 spiro atoms. The summed E-state index contributed by atoms with van der Waals surface area (Å²) in [6.07, 6.45) is -12.3. The van der Waals surface area contributed by atoms with E-state index in [9.17, 15) is 44.3 Å². The fourth-order valence-corrected chi connectivity index (χ4v) is 5.31. The summed E-state index contributed by atoms with van der Waals surface area (Å²) in [6, 6.07) is 9.11. The highest BCUT2D eigenvalue weighted by Crippen LogP contribution is 2.41. The van der Waals surface area contributed by atoms with Gasteiger partial charge >= 0.3 is 12.4 Å². The van der Waals surface area contributed by atoms with E-state index in [1.807, 2.05) is 0 Å². The van der Waals surface area contributed by atoms with Crippen molar-refractivity contribution in [1.29, 1.82) is 0 Å². The number of halogens is 6. The maximum absolute atomic E-state index is 13.3. The number of hydrogen-bond acceptors (Lipinski definition) is 8. The number of rotatable bonds is 8. The quantitative estimate of drug-likeness (QED) is 0.431. The van der Waals surface area contributed by atoms with Gasteiger partial charge in [-0.15, -0.1) is 0 Å². The van der Waals surface area contributed by atoms with Gasteiger partial charge in [-0.2, -0.15) is 26.3 Å². The van der Waals surface area contributed by atoms with Crippen molar-refractivity contribution in [3.63, 3.8) is 0 Å². The van der Waals surface area contributed by atoms with Gasteiger partial charge < -0.3 is 29.6 Å². The molecule has 2 heterocycles. The summed E-state index contributed by atoms with van der Waals surface area (Å²) < 4.78 is 124. The molecule has 10 nitrogen and oxygen atoms in total. The second-order valence-corrected chi connectivity index (χ2v) is 10.8. The summed E-state index contributed by atoms with van der Waals surface area (Å²) in [5.74, 6) is -8.29. The highest BCUT2D eigenvalue weighted by molar-refractivity contribution is 7.91. The van der Waals surface area contributed by atoms with Gasteiger partial charge in [-0.05, 0) is 48.5 Å². The van der Waals surface area contributed by atoms with E-state index < -0.39 is 58.4 Å². The molecule has 0 aromatic heterocycles. The van der Waals surface area contributed by atoms with Crippen molar-refractivity contribution in [3.8, 4) is 0 Å². The highest BCUT2D eigenvalue weighted by atomic mass is 32.2. The van der Waals surface area contributed by atoms with E-state index in [4.69, 9.17) is 0 Å². The normalized spacial score (nSPS) is 18.7. The molecule has 0 unspecified atom stereocenters. The van der Waals surface area contributed by atoms with Gasteiger partial charge in [0.25, 0.3) is 11.6 Å². The van der Waals surface area contributed by atoms with Gasteiger partial charge in [0, 0.05) is 11.4 Å². The maximum atomic E-state index is 13.3. The first-order valence-corrected chi connectivity index (χ1v) is 13.3. The van der Waals surface area contributed by atoms with Crippen molar-refractivity contribution in [3.05, 3.63) is 48.5 Å². The lowest BCUT2D eigenvalue weighted by Gasteiger charge is -2.28. The number of hydrogen-bond donors (Lipinski definition) is 2. The zero-order valence-corrected chi connectivity index (χ0v) is 21.6. The largest absolute Gasteiger partial charge is 0.443 e. The standard InChI is InChI=1S/C24H22F6N2O8S/c25-23(26,27)21(37-9-10-38-21)13-19(33)31-15-1-5-17(6-2-15)41(35,36)18-7-3-16(4-8-18)32-20(34)14-22(24(28,29)30)39-11-12-40-22/h1-8H,9-14H2,(H,31,33)(H,32,34). The van der Waals surface area contributed by atoms with Crippen molar-refractivity contribution in [1.82, 2.24) is 0 Å². The number of ether oxygens (including phenoxy) is 4. The van der Waals surface area contributed by atoms with Crippen LogP contribution >= 0.6 is 0 Å². The Morgan fingerprint density at radius 3 is 1.20 bits per heavy atom. The minimum Gasteiger partial charge on any atom is -0.340 e. The van der Waals surface area contributed by atoms with E-state index in [1.165, 1.54) is 24.3 Å². The Hall–Kier alpha value is -3.25. The summed E-state index contributed by atoms with van der Waals surface area (Å²) in [5.41, 5.74) is 0.0170. The Morgan fingerprint density at radius 2 is 0.927 bits per heavy atom. The molecule has 41 heavy (non-hydrogen) atoms. The van der Waals surface area contributed by atoms with Gasteiger partial charge in [-0.1, -0.05) is 0 Å². The average Bonchev–Trinajstić information content (AvgIpc) is 3.55. The zero-order valence-electron chi connectivity index (χ0n) is 20.8. The Labute approximate surface area is 228 Å². The molecular formula is C24H22F6N2O8S. The van der Waals surface area contributed by atoms with Crippen LogP contribution in [0.1, 0.15) is 12.8 Å². The fraction of sp³-hybridized carbons (Fsp3) is 0.417. The van der Waals surface area contributed by atoms with Gasteiger partial charge in [0.05, 0.1) is 49.1 Å². The number of nitrogens with one attached hydrogen (secondary N) is 2. The van der Waals surface area contributed by atoms with Crippen LogP contribution in [-0.4, -0.2) is 70.6 Å². The van der Waals surface area contributed by atoms with Crippen molar-refractivity contribution in [2.24, 2.45) is 0 Å². The number of amides is 2. The van der Waals surface area contributed by atoms with E-state index in [0.717, 1.165) is 24.3 Å². The van der Waals surface area contributed by atoms with E-state index in [1.54, 1.807) is 0 Å². The third-order valence-corrected chi connectivity index (χ3v) is 7.84. The first-order valence-electron chi connectivity index (χ1n) is 11.8. The second kappa shape index (κ2) is 11.2. The van der Waals surface area contributed by atoms with E-state index in [2.05, 4.69) is 29.6 Å². The van der Waals surface area contributed by atoms with Gasteiger partial charge in [0.2, 0.25) is 21.7 Å². The summed E-state index contributed by atoms with van der Waals surface area (Å²) in [6.45, 7) is -1.35. The molecule has 0 saturated carbocycles. The third-order valence-electron chi connectivity index (χ3n) is 6.05. The van der Waals surface area contributed by atoms with Gasteiger partial charge in [0.15, 0.2) is 0 Å². The fourth-order valence-electron chi connectivity index (χ4n) is 4.05. The number of sulfone groups is 1. The smallest absolute Gasteiger partial charge is 0.340 e. The lowest BCUT2D eigenvalue weighted by Crippen LogP contribution is -2.48. The minimum atomic E-state index is -4.96. The predicted octanol–water partition coefficient (Wildman–Crippen LogP) is 3.79. The molecule has 2 aliphatic heterocycles. The molecule has 2 N–H and O–H groups in total. The molecule has 17 heteroatoms. The van der Waals surface area contributed by atoms with Crippen molar-refractivity contribution in [2.45, 2.75) is 46.6 Å². The van der Waals surface area contributed by atoms with Crippen LogP contribution < -0.4 is 10.6 Å². The van der Waals surface area contributed by atoms with Crippen molar-refractivity contribution < 1.29 is 63.3 Å². The molecular weight excluding hydrogens is 590 g/mol. The van der Waals surface area contributed by atoms with E-state index in [0.29, 0.717) is 0 Å². The average molecular weight is 613 g/mol. The zero-order chi connectivity index (χ0) is 30.1. The number of carbonyl (C=O) groups excluding carboxylic acids is 2. The molecule has 2 fully saturated rings. The molecule has 2 amide bonds. The molecule has 0 aliphatic carbocycles. The molecule has 2 aromatic carbocycles. The van der Waals surface area contributed by atoms with Crippen LogP contribution in [0.2, 0.25) is 0 Å². The second-order valence-electron chi connectivity index (χ2n) is 8.90. The van der Waals surface area contributed by atoms with E-state index >= 15 is 0 Å². The molecule has 4 rings (SSSR count). The molecule has 2 aromatic rings. The highest BCUT2D eigenvalue weighted by Gasteiger charge is 2.62. The summed E-state index contributed by atoms with van der Waals surface area (Å²) in [7, 11) is -4.13. The van der Waals surface area contributed by atoms with Crippen LogP contribution in [0.3, 0.4) is 0 Å². The molecule has 224 valence electrons. The van der Waals surface area contributed by atoms with Gasteiger partial charge in [-0.25, -0.2) is 8.42 Å². The number of benzene rings is 2. The van der Waals surface area contributed by atoms with E-state index in [-0.39, 0.29) is 47.6 Å². The SMILES string of the molecule is O=C(CC1(C(F)(F)F)OCCO1)Nc1ccc(S(=O)(=O)c2ccc(NC(=O)CC3(C(F)(F)F)OCCO3)cc2)cc1. The summed E-state index contributed by atoms with van der Waals surface area (Å²) in [4.78, 5) is 23.9. The first kappa shape index (κ1) is 30.7. The lowest BCUT2D eigenvalue weighted by atomic mass is 10.1. The Balaban J connectivity index is 1.38. The van der Waals surface area contributed by atoms with Crippen LogP contribution in [0.4, 0.5) is 37.7 Å². The lowest BCUT2D eigenvalue weighted by molar-refractivity contribution is -0.342. The molecule has 0 atom stereocenters. The molecule has 2 saturated heterocycles. The maximum Gasteiger partial charge on any atom is 0.443 e. The Morgan fingerprint density at radius 1 is 0.634 bits per heavy atom. The van der Waals surface area contributed by atoms with Crippen LogP contribution in [0.5, 0.6) is 0 Å². The first-order chi connectivity index (χ1) is 19.1. The third kappa shape index (κ3) is 6.48. The predicted molar refractivity (Wildman–Crippen MR) is 126 cm³/mol. The van der Waals surface area contributed by atoms with Gasteiger partial charge in [-0.3, -0.25) is 9.59 Å². The number of carbonyl (C=O) groups is 2.